The number of carbonyl (C=O) groups excluding carboxylic acids is 1. The standard InChI is InChI=1S/C17H19N5O3/c1-11(19-16(23)9-24-2)17-20-15-8-14(18-10-22(15)21-17)12-4-6-13(25-3)7-5-12/h4-8,10-11H,9H2,1-3H3,(H,19,23)/t11-/m1/s1. The van der Waals surface area contributed by atoms with Crippen molar-refractivity contribution >= 4 is 11.6 Å². The summed E-state index contributed by atoms with van der Waals surface area (Å²) in [5, 5.41) is 7.14. The van der Waals surface area contributed by atoms with Gasteiger partial charge < -0.3 is 14.8 Å². The quantitative estimate of drug-likeness (QED) is 0.733. The predicted octanol–water partition coefficient (Wildman–Crippen LogP) is 1.62. The highest BCUT2D eigenvalue weighted by atomic mass is 16.5. The Hall–Kier alpha value is -3.00. The van der Waals surface area contributed by atoms with Crippen molar-refractivity contribution in [3.05, 3.63) is 42.5 Å². The molecule has 0 bridgehead atoms. The normalized spacial score (nSPS) is 12.1. The van der Waals surface area contributed by atoms with Gasteiger partial charge in [0.05, 0.1) is 18.8 Å². The van der Waals surface area contributed by atoms with Crippen molar-refractivity contribution in [2.75, 3.05) is 20.8 Å². The summed E-state index contributed by atoms with van der Waals surface area (Å²) in [4.78, 5) is 20.5. The minimum Gasteiger partial charge on any atom is -0.497 e. The molecule has 0 saturated heterocycles. The number of aromatic nitrogens is 4. The molecule has 2 aromatic heterocycles. The lowest BCUT2D eigenvalue weighted by molar-refractivity contribution is -0.125. The number of hydrogen-bond donors (Lipinski definition) is 1. The van der Waals surface area contributed by atoms with E-state index in [1.165, 1.54) is 7.11 Å². The zero-order chi connectivity index (χ0) is 17.8. The number of hydrogen-bond acceptors (Lipinski definition) is 6. The van der Waals surface area contributed by atoms with Crippen LogP contribution in [0.3, 0.4) is 0 Å². The third kappa shape index (κ3) is 3.74. The first-order valence-electron chi connectivity index (χ1n) is 7.75. The second kappa shape index (κ2) is 7.27. The van der Waals surface area contributed by atoms with Crippen LogP contribution in [-0.2, 0) is 9.53 Å². The van der Waals surface area contributed by atoms with Crippen LogP contribution in [-0.4, -0.2) is 46.3 Å². The Morgan fingerprint density at radius 3 is 2.72 bits per heavy atom. The molecule has 3 aromatic rings. The van der Waals surface area contributed by atoms with E-state index in [9.17, 15) is 4.79 Å². The van der Waals surface area contributed by atoms with E-state index in [-0.39, 0.29) is 18.6 Å². The molecule has 3 rings (SSSR count). The summed E-state index contributed by atoms with van der Waals surface area (Å²) in [6, 6.07) is 9.15. The summed E-state index contributed by atoms with van der Waals surface area (Å²) in [6.07, 6.45) is 1.61. The molecule has 2 heterocycles. The zero-order valence-corrected chi connectivity index (χ0v) is 14.3. The maximum absolute atomic E-state index is 11.6. The SMILES string of the molecule is COCC(=O)N[C@H](C)c1nc2cc(-c3ccc(OC)cc3)ncn2n1. The van der Waals surface area contributed by atoms with E-state index >= 15 is 0 Å². The molecular formula is C17H19N5O3. The second-order valence-electron chi connectivity index (χ2n) is 5.50. The zero-order valence-electron chi connectivity index (χ0n) is 14.3. The lowest BCUT2D eigenvalue weighted by Crippen LogP contribution is -2.30. The van der Waals surface area contributed by atoms with Gasteiger partial charge in [0, 0.05) is 18.7 Å². The molecule has 1 atom stereocenters. The summed E-state index contributed by atoms with van der Waals surface area (Å²) in [5.74, 6) is 1.08. The van der Waals surface area contributed by atoms with Crippen LogP contribution in [0.15, 0.2) is 36.7 Å². The van der Waals surface area contributed by atoms with Gasteiger partial charge in [-0.15, -0.1) is 5.10 Å². The number of rotatable bonds is 6. The molecule has 25 heavy (non-hydrogen) atoms. The van der Waals surface area contributed by atoms with Gasteiger partial charge in [-0.1, -0.05) is 0 Å². The molecule has 0 radical (unpaired) electrons. The number of carbonyl (C=O) groups is 1. The summed E-state index contributed by atoms with van der Waals surface area (Å²) >= 11 is 0. The molecule has 0 aliphatic carbocycles. The molecule has 130 valence electrons. The van der Waals surface area contributed by atoms with Gasteiger partial charge in [-0.05, 0) is 31.2 Å². The Morgan fingerprint density at radius 1 is 1.28 bits per heavy atom. The molecule has 0 spiro atoms. The van der Waals surface area contributed by atoms with Gasteiger partial charge in [-0.3, -0.25) is 4.79 Å². The summed E-state index contributed by atoms with van der Waals surface area (Å²) < 4.78 is 11.6. The van der Waals surface area contributed by atoms with Crippen molar-refractivity contribution in [1.82, 2.24) is 24.9 Å². The smallest absolute Gasteiger partial charge is 0.246 e. The number of methoxy groups -OCH3 is 2. The van der Waals surface area contributed by atoms with Gasteiger partial charge in [-0.25, -0.2) is 14.5 Å². The number of amides is 1. The highest BCUT2D eigenvalue weighted by Crippen LogP contribution is 2.21. The first-order chi connectivity index (χ1) is 12.1. The Kier molecular flexibility index (Phi) is 4.90. The average molecular weight is 341 g/mol. The summed E-state index contributed by atoms with van der Waals surface area (Å²) in [5.41, 5.74) is 2.39. The third-order valence-corrected chi connectivity index (χ3v) is 3.67. The first kappa shape index (κ1) is 16.8. The number of nitrogens with zero attached hydrogens (tertiary/aromatic N) is 4. The van der Waals surface area contributed by atoms with Crippen molar-refractivity contribution in [2.24, 2.45) is 0 Å². The fourth-order valence-electron chi connectivity index (χ4n) is 2.39. The van der Waals surface area contributed by atoms with Gasteiger partial charge in [0.15, 0.2) is 11.5 Å². The molecule has 8 nitrogen and oxygen atoms in total. The molecule has 1 amide bonds. The topological polar surface area (TPSA) is 90.6 Å². The summed E-state index contributed by atoms with van der Waals surface area (Å²) in [6.45, 7) is 1.82. The number of fused-ring (bicyclic) bond motifs is 1. The lowest BCUT2D eigenvalue weighted by atomic mass is 10.1. The number of benzene rings is 1. The van der Waals surface area contributed by atoms with E-state index in [2.05, 4.69) is 20.4 Å². The van der Waals surface area contributed by atoms with Crippen LogP contribution in [0, 0.1) is 0 Å². The molecular weight excluding hydrogens is 322 g/mol. The fraction of sp³-hybridized carbons (Fsp3) is 0.294. The van der Waals surface area contributed by atoms with Crippen molar-refractivity contribution in [3.63, 3.8) is 0 Å². The molecule has 0 unspecified atom stereocenters. The number of ether oxygens (including phenoxy) is 2. The van der Waals surface area contributed by atoms with E-state index in [1.54, 1.807) is 18.0 Å². The van der Waals surface area contributed by atoms with Gasteiger partial charge >= 0.3 is 0 Å². The van der Waals surface area contributed by atoms with Crippen LogP contribution in [0.5, 0.6) is 5.75 Å². The highest BCUT2D eigenvalue weighted by Gasteiger charge is 2.15. The minimum absolute atomic E-state index is 0.000878. The van der Waals surface area contributed by atoms with Crippen molar-refractivity contribution in [3.8, 4) is 17.0 Å². The van der Waals surface area contributed by atoms with E-state index < -0.39 is 0 Å². The monoisotopic (exact) mass is 341 g/mol. The van der Waals surface area contributed by atoms with E-state index in [0.29, 0.717) is 11.5 Å². The van der Waals surface area contributed by atoms with Crippen LogP contribution in [0.1, 0.15) is 18.8 Å². The maximum atomic E-state index is 11.6. The average Bonchev–Trinajstić information content (AvgIpc) is 3.05. The predicted molar refractivity (Wildman–Crippen MR) is 91.2 cm³/mol. The van der Waals surface area contributed by atoms with Gasteiger partial charge in [0.25, 0.3) is 0 Å². The van der Waals surface area contributed by atoms with Crippen LogP contribution in [0.25, 0.3) is 16.9 Å². The van der Waals surface area contributed by atoms with Gasteiger partial charge in [-0.2, -0.15) is 0 Å². The molecule has 8 heteroatoms. The second-order valence-corrected chi connectivity index (χ2v) is 5.50. The first-order valence-corrected chi connectivity index (χ1v) is 7.75. The van der Waals surface area contributed by atoms with Gasteiger partial charge in [0.2, 0.25) is 5.91 Å². The van der Waals surface area contributed by atoms with Crippen LogP contribution >= 0.6 is 0 Å². The van der Waals surface area contributed by atoms with Crippen LogP contribution in [0.2, 0.25) is 0 Å². The van der Waals surface area contributed by atoms with E-state index in [4.69, 9.17) is 9.47 Å². The number of nitrogens with one attached hydrogen (secondary N) is 1. The maximum Gasteiger partial charge on any atom is 0.246 e. The Labute approximate surface area is 144 Å². The molecule has 0 saturated carbocycles. The minimum atomic E-state index is -0.327. The Bertz CT molecular complexity index is 876. The van der Waals surface area contributed by atoms with E-state index in [1.807, 2.05) is 37.3 Å². The molecule has 1 N–H and O–H groups in total. The molecule has 0 aliphatic heterocycles. The van der Waals surface area contributed by atoms with Crippen molar-refractivity contribution < 1.29 is 14.3 Å². The van der Waals surface area contributed by atoms with Crippen LogP contribution < -0.4 is 10.1 Å². The molecule has 0 aliphatic rings. The molecule has 0 fully saturated rings. The lowest BCUT2D eigenvalue weighted by Gasteiger charge is -2.09. The van der Waals surface area contributed by atoms with E-state index in [0.717, 1.165) is 17.0 Å². The third-order valence-electron chi connectivity index (χ3n) is 3.67. The summed E-state index contributed by atoms with van der Waals surface area (Å²) in [7, 11) is 3.10. The van der Waals surface area contributed by atoms with Crippen LogP contribution in [0.4, 0.5) is 0 Å². The van der Waals surface area contributed by atoms with Crippen molar-refractivity contribution in [2.45, 2.75) is 13.0 Å². The Morgan fingerprint density at radius 2 is 2.04 bits per heavy atom. The molecule has 1 aromatic carbocycles. The highest BCUT2D eigenvalue weighted by molar-refractivity contribution is 5.77. The van der Waals surface area contributed by atoms with Gasteiger partial charge in [0.1, 0.15) is 18.7 Å². The Balaban J connectivity index is 1.84. The largest absolute Gasteiger partial charge is 0.497 e. The van der Waals surface area contributed by atoms with Crippen molar-refractivity contribution in [1.29, 1.82) is 0 Å². The fourth-order valence-corrected chi connectivity index (χ4v) is 2.39.